The zero-order valence-electron chi connectivity index (χ0n) is 13.7. The molecule has 0 unspecified atom stereocenters. The first-order valence-electron chi connectivity index (χ1n) is 8.11. The van der Waals surface area contributed by atoms with Crippen LogP contribution in [0.2, 0.25) is 5.02 Å². The summed E-state index contributed by atoms with van der Waals surface area (Å²) in [5.74, 6) is 1.55. The molecule has 25 heavy (non-hydrogen) atoms. The molecule has 0 aliphatic heterocycles. The van der Waals surface area contributed by atoms with Crippen molar-refractivity contribution in [2.45, 2.75) is 13.3 Å². The van der Waals surface area contributed by atoms with Crippen molar-refractivity contribution in [3.63, 3.8) is 0 Å². The van der Waals surface area contributed by atoms with Gasteiger partial charge in [-0.1, -0.05) is 48.9 Å². The van der Waals surface area contributed by atoms with Crippen LogP contribution in [0.5, 0.6) is 0 Å². The van der Waals surface area contributed by atoms with Crippen LogP contribution in [0, 0.1) is 0 Å². The summed E-state index contributed by atoms with van der Waals surface area (Å²) in [7, 11) is 0. The lowest BCUT2D eigenvalue weighted by atomic mass is 10.2. The molecule has 3 nitrogen and oxygen atoms in total. The fourth-order valence-corrected chi connectivity index (χ4v) is 3.72. The number of benzene rings is 2. The van der Waals surface area contributed by atoms with Crippen molar-refractivity contribution >= 4 is 44.7 Å². The zero-order chi connectivity index (χ0) is 17.2. The standard InChI is InChI=1S/C20H16ClN3S/c1-2-16-12-17-19(22-15-10-8-14(21)9-11-15)23-18(24-20(17)25-16)13-6-4-3-5-7-13/h3-12H,2H2,1H3,(H,22,23,24). The summed E-state index contributed by atoms with van der Waals surface area (Å²) in [6.07, 6.45) is 0.988. The van der Waals surface area contributed by atoms with Crippen molar-refractivity contribution in [2.24, 2.45) is 0 Å². The molecule has 0 saturated carbocycles. The number of rotatable bonds is 4. The fourth-order valence-electron chi connectivity index (χ4n) is 2.63. The monoisotopic (exact) mass is 365 g/mol. The van der Waals surface area contributed by atoms with E-state index in [1.165, 1.54) is 4.88 Å². The van der Waals surface area contributed by atoms with E-state index < -0.39 is 0 Å². The highest BCUT2D eigenvalue weighted by Gasteiger charge is 2.13. The van der Waals surface area contributed by atoms with Crippen LogP contribution in [0.1, 0.15) is 11.8 Å². The van der Waals surface area contributed by atoms with Gasteiger partial charge in [0.2, 0.25) is 0 Å². The number of aromatic nitrogens is 2. The smallest absolute Gasteiger partial charge is 0.163 e. The first-order chi connectivity index (χ1) is 12.2. The molecule has 4 aromatic rings. The highest BCUT2D eigenvalue weighted by molar-refractivity contribution is 7.18. The van der Waals surface area contributed by atoms with E-state index >= 15 is 0 Å². The maximum Gasteiger partial charge on any atom is 0.163 e. The summed E-state index contributed by atoms with van der Waals surface area (Å²) in [4.78, 5) is 11.9. The van der Waals surface area contributed by atoms with Crippen LogP contribution in [0.3, 0.4) is 0 Å². The van der Waals surface area contributed by atoms with Gasteiger partial charge in [0, 0.05) is 21.2 Å². The first kappa shape index (κ1) is 16.1. The molecule has 4 rings (SSSR count). The molecule has 2 aromatic carbocycles. The number of anilines is 2. The normalized spacial score (nSPS) is 11.0. The average Bonchev–Trinajstić information content (AvgIpc) is 3.08. The molecule has 0 saturated heterocycles. The quantitative estimate of drug-likeness (QED) is 0.460. The largest absolute Gasteiger partial charge is 0.340 e. The van der Waals surface area contributed by atoms with Crippen molar-refractivity contribution in [3.05, 3.63) is 70.6 Å². The van der Waals surface area contributed by atoms with E-state index in [1.807, 2.05) is 54.6 Å². The topological polar surface area (TPSA) is 37.8 Å². The number of hydrogen-bond donors (Lipinski definition) is 1. The lowest BCUT2D eigenvalue weighted by molar-refractivity contribution is 1.19. The second-order valence-electron chi connectivity index (χ2n) is 5.68. The highest BCUT2D eigenvalue weighted by atomic mass is 35.5. The number of hydrogen-bond acceptors (Lipinski definition) is 4. The van der Waals surface area contributed by atoms with Gasteiger partial charge < -0.3 is 5.32 Å². The average molecular weight is 366 g/mol. The molecule has 0 aliphatic rings. The third kappa shape index (κ3) is 3.36. The van der Waals surface area contributed by atoms with E-state index in [9.17, 15) is 0 Å². The second kappa shape index (κ2) is 6.82. The van der Waals surface area contributed by atoms with Crippen molar-refractivity contribution in [3.8, 4) is 11.4 Å². The first-order valence-corrected chi connectivity index (χ1v) is 9.31. The highest BCUT2D eigenvalue weighted by Crippen LogP contribution is 2.33. The number of aryl methyl sites for hydroxylation is 1. The molecule has 124 valence electrons. The second-order valence-corrected chi connectivity index (χ2v) is 7.23. The predicted octanol–water partition coefficient (Wildman–Crippen LogP) is 6.32. The van der Waals surface area contributed by atoms with E-state index in [2.05, 4.69) is 18.3 Å². The van der Waals surface area contributed by atoms with Crippen molar-refractivity contribution in [1.29, 1.82) is 0 Å². The van der Waals surface area contributed by atoms with Crippen LogP contribution in [0.25, 0.3) is 21.6 Å². The molecule has 1 N–H and O–H groups in total. The van der Waals surface area contributed by atoms with E-state index in [1.54, 1.807) is 11.3 Å². The van der Waals surface area contributed by atoms with Crippen LogP contribution in [-0.2, 0) is 6.42 Å². The summed E-state index contributed by atoms with van der Waals surface area (Å²) < 4.78 is 0. The minimum absolute atomic E-state index is 0.715. The molecule has 0 amide bonds. The Kier molecular flexibility index (Phi) is 4.38. The lowest BCUT2D eigenvalue weighted by Crippen LogP contribution is -1.97. The molecular formula is C20H16ClN3S. The maximum atomic E-state index is 5.99. The van der Waals surface area contributed by atoms with E-state index in [-0.39, 0.29) is 0 Å². The predicted molar refractivity (Wildman–Crippen MR) is 107 cm³/mol. The molecule has 0 radical (unpaired) electrons. The van der Waals surface area contributed by atoms with Gasteiger partial charge in [-0.25, -0.2) is 9.97 Å². The van der Waals surface area contributed by atoms with Gasteiger partial charge in [-0.15, -0.1) is 11.3 Å². The van der Waals surface area contributed by atoms with Gasteiger partial charge in [-0.3, -0.25) is 0 Å². The number of thiophene rings is 1. The third-order valence-corrected chi connectivity index (χ3v) is 5.36. The van der Waals surface area contributed by atoms with E-state index in [0.717, 1.165) is 39.5 Å². The minimum Gasteiger partial charge on any atom is -0.340 e. The van der Waals surface area contributed by atoms with Gasteiger partial charge in [0.05, 0.1) is 5.39 Å². The molecule has 5 heteroatoms. The van der Waals surface area contributed by atoms with Crippen molar-refractivity contribution in [2.75, 3.05) is 5.32 Å². The Hall–Kier alpha value is -2.43. The summed E-state index contributed by atoms with van der Waals surface area (Å²) in [6, 6.07) is 19.9. The van der Waals surface area contributed by atoms with Crippen molar-refractivity contribution < 1.29 is 0 Å². The Morgan fingerprint density at radius 2 is 1.76 bits per heavy atom. The zero-order valence-corrected chi connectivity index (χ0v) is 15.2. The maximum absolute atomic E-state index is 5.99. The Balaban J connectivity index is 1.85. The molecule has 0 spiro atoms. The SMILES string of the molecule is CCc1cc2c(Nc3ccc(Cl)cc3)nc(-c3ccccc3)nc2s1. The van der Waals surface area contributed by atoms with Gasteiger partial charge in [-0.2, -0.15) is 0 Å². The lowest BCUT2D eigenvalue weighted by Gasteiger charge is -2.09. The Morgan fingerprint density at radius 3 is 2.48 bits per heavy atom. The molecule has 0 aliphatic carbocycles. The van der Waals surface area contributed by atoms with Gasteiger partial charge in [0.25, 0.3) is 0 Å². The van der Waals surface area contributed by atoms with Crippen LogP contribution in [0.15, 0.2) is 60.7 Å². The van der Waals surface area contributed by atoms with E-state index in [4.69, 9.17) is 21.6 Å². The molecular weight excluding hydrogens is 350 g/mol. The number of halogens is 1. The van der Waals surface area contributed by atoms with Gasteiger partial charge in [-0.05, 0) is 36.8 Å². The third-order valence-electron chi connectivity index (χ3n) is 3.93. The molecule has 0 bridgehead atoms. The molecule has 0 atom stereocenters. The Morgan fingerprint density at radius 1 is 1.00 bits per heavy atom. The Bertz CT molecular complexity index is 1010. The van der Waals surface area contributed by atoms with Gasteiger partial charge >= 0.3 is 0 Å². The minimum atomic E-state index is 0.715. The molecule has 2 aromatic heterocycles. The Labute approximate surface area is 155 Å². The fraction of sp³-hybridized carbons (Fsp3) is 0.100. The van der Waals surface area contributed by atoms with Crippen LogP contribution in [-0.4, -0.2) is 9.97 Å². The number of nitrogens with zero attached hydrogens (tertiary/aromatic N) is 2. The van der Waals surface area contributed by atoms with E-state index in [0.29, 0.717) is 5.02 Å². The summed E-state index contributed by atoms with van der Waals surface area (Å²) in [5.41, 5.74) is 1.96. The van der Waals surface area contributed by atoms with Crippen LogP contribution < -0.4 is 5.32 Å². The summed E-state index contributed by atoms with van der Waals surface area (Å²) in [5, 5.41) is 5.19. The number of fused-ring (bicyclic) bond motifs is 1. The van der Waals surface area contributed by atoms with Crippen LogP contribution >= 0.6 is 22.9 Å². The van der Waals surface area contributed by atoms with Crippen LogP contribution in [0.4, 0.5) is 11.5 Å². The number of nitrogens with one attached hydrogen (secondary N) is 1. The van der Waals surface area contributed by atoms with Gasteiger partial charge in [0.1, 0.15) is 10.6 Å². The van der Waals surface area contributed by atoms with Gasteiger partial charge in [0.15, 0.2) is 5.82 Å². The van der Waals surface area contributed by atoms with Crippen molar-refractivity contribution in [1.82, 2.24) is 9.97 Å². The molecule has 0 fully saturated rings. The summed E-state index contributed by atoms with van der Waals surface area (Å²) in [6.45, 7) is 2.16. The summed E-state index contributed by atoms with van der Waals surface area (Å²) >= 11 is 7.71. The molecule has 2 heterocycles.